The predicted octanol–water partition coefficient (Wildman–Crippen LogP) is -0.343. The zero-order chi connectivity index (χ0) is 7.98. The van der Waals surface area contributed by atoms with Gasteiger partial charge in [0.1, 0.15) is 0 Å². The molecule has 5 nitrogen and oxygen atoms in total. The van der Waals surface area contributed by atoms with Crippen molar-refractivity contribution in [2.24, 2.45) is 5.10 Å². The van der Waals surface area contributed by atoms with Crippen molar-refractivity contribution in [1.29, 1.82) is 0 Å². The minimum absolute atomic E-state index is 0.457. The maximum atomic E-state index is 10.5. The van der Waals surface area contributed by atoms with E-state index in [4.69, 9.17) is 0 Å². The van der Waals surface area contributed by atoms with Gasteiger partial charge in [0.05, 0.1) is 6.21 Å². The Balaban J connectivity index is 3.59. The van der Waals surface area contributed by atoms with E-state index in [1.165, 1.54) is 7.05 Å². The average Bonchev–Trinajstić information content (AvgIpc) is 1.88. The van der Waals surface area contributed by atoms with E-state index >= 15 is 0 Å². The van der Waals surface area contributed by atoms with Crippen LogP contribution in [0, 0.1) is 0 Å². The number of carbonyl (C=O) groups is 2. The van der Waals surface area contributed by atoms with Gasteiger partial charge in [0.2, 0.25) is 0 Å². The van der Waals surface area contributed by atoms with Gasteiger partial charge in [-0.15, -0.1) is 0 Å². The molecule has 0 aliphatic heterocycles. The van der Waals surface area contributed by atoms with Gasteiger partial charge in [-0.2, -0.15) is 5.10 Å². The summed E-state index contributed by atoms with van der Waals surface area (Å²) in [6.07, 6.45) is 1.38. The van der Waals surface area contributed by atoms with Crippen molar-refractivity contribution in [1.82, 2.24) is 9.73 Å². The van der Waals surface area contributed by atoms with Crippen molar-refractivity contribution in [2.45, 2.75) is 0 Å². The molecule has 56 valence electrons. The third-order valence-electron chi connectivity index (χ3n) is 0.590. The molecule has 0 aromatic rings. The molecule has 1 N–H and O–H groups in total. The van der Waals surface area contributed by atoms with Crippen molar-refractivity contribution in [3.63, 3.8) is 0 Å². The number of hydrogen-bond acceptors (Lipinski definition) is 4. The summed E-state index contributed by atoms with van der Waals surface area (Å²) in [6.45, 7) is 0. The highest BCUT2D eigenvalue weighted by molar-refractivity contribution is 7.78. The highest BCUT2D eigenvalue weighted by atomic mass is 32.1. The third kappa shape index (κ3) is 3.90. The molecule has 0 atom stereocenters. The Morgan fingerprint density at radius 1 is 1.80 bits per heavy atom. The van der Waals surface area contributed by atoms with Crippen LogP contribution in [0.15, 0.2) is 5.10 Å². The molecule has 0 rings (SSSR count). The van der Waals surface area contributed by atoms with E-state index in [1.54, 1.807) is 0 Å². The maximum Gasteiger partial charge on any atom is 0.347 e. The number of nitrogens with one attached hydrogen (secondary N) is 1. The monoisotopic (exact) mass is 161 g/mol. The second-order valence-electron chi connectivity index (χ2n) is 1.35. The molecule has 0 unspecified atom stereocenters. The van der Waals surface area contributed by atoms with Crippen molar-refractivity contribution >= 4 is 31.3 Å². The lowest BCUT2D eigenvalue weighted by molar-refractivity contribution is -0.102. The van der Waals surface area contributed by atoms with E-state index in [2.05, 4.69) is 17.9 Å². The number of aldehydes is 1. The van der Waals surface area contributed by atoms with Gasteiger partial charge in [0, 0.05) is 7.05 Å². The molecular formula is C4H7N3O2S. The first-order chi connectivity index (χ1) is 4.68. The van der Waals surface area contributed by atoms with Gasteiger partial charge in [-0.3, -0.25) is 9.10 Å². The van der Waals surface area contributed by atoms with Gasteiger partial charge in [-0.25, -0.2) is 10.2 Å². The van der Waals surface area contributed by atoms with Gasteiger partial charge in [0.25, 0.3) is 0 Å². The molecule has 0 aromatic heterocycles. The summed E-state index contributed by atoms with van der Waals surface area (Å²) < 4.78 is 1.00. The van der Waals surface area contributed by atoms with E-state index in [1.807, 2.05) is 5.43 Å². The molecule has 0 aliphatic carbocycles. The van der Waals surface area contributed by atoms with Crippen LogP contribution in [0.25, 0.3) is 0 Å². The molecule has 0 radical (unpaired) electrons. The molecule has 10 heavy (non-hydrogen) atoms. The predicted molar refractivity (Wildman–Crippen MR) is 39.8 cm³/mol. The quantitative estimate of drug-likeness (QED) is 0.252. The Morgan fingerprint density at radius 2 is 2.40 bits per heavy atom. The molecule has 0 heterocycles. The number of thiol groups is 1. The molecule has 0 aromatic carbocycles. The molecular weight excluding hydrogens is 154 g/mol. The zero-order valence-electron chi connectivity index (χ0n) is 5.31. The molecule has 0 spiro atoms. The zero-order valence-corrected chi connectivity index (χ0v) is 6.21. The second-order valence-corrected chi connectivity index (χ2v) is 1.95. The summed E-state index contributed by atoms with van der Waals surface area (Å²) in [5.41, 5.74) is 2.03. The van der Waals surface area contributed by atoms with Crippen LogP contribution in [-0.4, -0.2) is 29.9 Å². The number of hydrazone groups is 1. The number of amides is 2. The highest BCUT2D eigenvalue weighted by Crippen LogP contribution is 1.85. The smallest absolute Gasteiger partial charge is 0.297 e. The highest BCUT2D eigenvalue weighted by Gasteiger charge is 1.98. The third-order valence-corrected chi connectivity index (χ3v) is 0.771. The van der Waals surface area contributed by atoms with Gasteiger partial charge in [-0.05, 0) is 0 Å². The number of nitrogens with zero attached hydrogens (tertiary/aromatic N) is 2. The molecule has 0 aliphatic rings. The van der Waals surface area contributed by atoms with Crippen LogP contribution in [0.5, 0.6) is 0 Å². The first-order valence-corrected chi connectivity index (χ1v) is 2.78. The van der Waals surface area contributed by atoms with Crippen LogP contribution in [0.4, 0.5) is 4.79 Å². The number of hydrogen-bond donors (Lipinski definition) is 2. The number of urea groups is 1. The van der Waals surface area contributed by atoms with Gasteiger partial charge in [-0.1, -0.05) is 12.8 Å². The fourth-order valence-electron chi connectivity index (χ4n) is 0.195. The van der Waals surface area contributed by atoms with E-state index < -0.39 is 6.03 Å². The fraction of sp³-hybridized carbons (Fsp3) is 0.250. The second kappa shape index (κ2) is 4.80. The molecule has 2 amide bonds. The summed E-state index contributed by atoms with van der Waals surface area (Å²) in [5.74, 6) is 0. The van der Waals surface area contributed by atoms with Crippen LogP contribution in [0.1, 0.15) is 0 Å². The Labute approximate surface area is 63.6 Å². The summed E-state index contributed by atoms with van der Waals surface area (Å²) >= 11 is 3.65. The summed E-state index contributed by atoms with van der Waals surface area (Å²) in [5, 5.41) is 3.23. The first-order valence-electron chi connectivity index (χ1n) is 2.38. The van der Waals surface area contributed by atoms with Gasteiger partial charge < -0.3 is 0 Å². The van der Waals surface area contributed by atoms with E-state index in [9.17, 15) is 9.59 Å². The summed E-state index contributed by atoms with van der Waals surface area (Å²) in [6, 6.07) is -0.499. The Kier molecular flexibility index (Phi) is 4.30. The minimum Gasteiger partial charge on any atom is -0.297 e. The normalized spacial score (nSPS) is 9.40. The van der Waals surface area contributed by atoms with Gasteiger partial charge >= 0.3 is 6.03 Å². The van der Waals surface area contributed by atoms with Crippen LogP contribution < -0.4 is 5.43 Å². The lowest BCUT2D eigenvalue weighted by Gasteiger charge is -2.05. The molecule has 0 bridgehead atoms. The number of rotatable bonds is 2. The Morgan fingerprint density at radius 3 is 2.80 bits per heavy atom. The van der Waals surface area contributed by atoms with Gasteiger partial charge in [0.15, 0.2) is 6.29 Å². The van der Waals surface area contributed by atoms with Crippen LogP contribution in [0.3, 0.4) is 0 Å². The lowest BCUT2D eigenvalue weighted by Crippen LogP contribution is -2.27. The molecule has 0 saturated heterocycles. The number of carbonyl (C=O) groups excluding carboxylic acids is 2. The Bertz CT molecular complexity index is 157. The van der Waals surface area contributed by atoms with Crippen molar-refractivity contribution in [3.05, 3.63) is 0 Å². The minimum atomic E-state index is -0.499. The molecule has 6 heteroatoms. The average molecular weight is 161 g/mol. The standard InChI is InChI=1S/C4H7N3O2S/c1-7(10)4(9)6-5-2-3-8/h2-3,10H,1H3,(H,6,9)/b5-2-. The Hall–Kier alpha value is -1.04. The lowest BCUT2D eigenvalue weighted by atomic mass is 10.9. The van der Waals surface area contributed by atoms with Crippen molar-refractivity contribution in [2.75, 3.05) is 7.05 Å². The largest absolute Gasteiger partial charge is 0.347 e. The summed E-state index contributed by atoms with van der Waals surface area (Å²) in [4.78, 5) is 20.1. The first kappa shape index (κ1) is 8.96. The molecule has 0 saturated carbocycles. The topological polar surface area (TPSA) is 61.8 Å². The van der Waals surface area contributed by atoms with Crippen molar-refractivity contribution in [3.8, 4) is 0 Å². The van der Waals surface area contributed by atoms with E-state index in [0.29, 0.717) is 6.29 Å². The van der Waals surface area contributed by atoms with Crippen molar-refractivity contribution < 1.29 is 9.59 Å². The SMILES string of the molecule is CN(S)C(=O)N/N=C\C=O. The van der Waals surface area contributed by atoms with Crippen LogP contribution in [-0.2, 0) is 4.79 Å². The van der Waals surface area contributed by atoms with E-state index in [-0.39, 0.29) is 0 Å². The van der Waals surface area contributed by atoms with E-state index in [0.717, 1.165) is 10.5 Å². The fourth-order valence-corrected chi connectivity index (χ4v) is 0.240. The van der Waals surface area contributed by atoms with Crippen LogP contribution in [0.2, 0.25) is 0 Å². The maximum absolute atomic E-state index is 10.5. The molecule has 0 fully saturated rings. The summed E-state index contributed by atoms with van der Waals surface area (Å²) in [7, 11) is 1.44. The van der Waals surface area contributed by atoms with Crippen LogP contribution >= 0.6 is 12.8 Å².